The number of aryl methyl sites for hydroxylation is 1. The van der Waals surface area contributed by atoms with E-state index in [1.807, 2.05) is 31.2 Å². The van der Waals surface area contributed by atoms with Gasteiger partial charge in [0, 0.05) is 18.2 Å². The number of amides is 1. The van der Waals surface area contributed by atoms with Crippen LogP contribution in [-0.4, -0.2) is 41.3 Å². The minimum absolute atomic E-state index is 0.0948. The van der Waals surface area contributed by atoms with Crippen molar-refractivity contribution in [1.29, 1.82) is 0 Å². The van der Waals surface area contributed by atoms with Crippen molar-refractivity contribution in [2.24, 2.45) is 5.10 Å². The lowest BCUT2D eigenvalue weighted by molar-refractivity contribution is -0.125. The number of carbonyl (C=O) groups excluding carboxylic acids is 1. The van der Waals surface area contributed by atoms with Gasteiger partial charge in [-0.15, -0.1) is 5.10 Å². The first kappa shape index (κ1) is 21.4. The number of fused-ring (bicyclic) bond motifs is 1. The van der Waals surface area contributed by atoms with Gasteiger partial charge in [-0.3, -0.25) is 9.80 Å². The first-order chi connectivity index (χ1) is 16.1. The molecule has 4 heterocycles. The number of amidine groups is 1. The predicted octanol–water partition coefficient (Wildman–Crippen LogP) is 3.21. The number of thioether (sulfide) groups is 1. The van der Waals surface area contributed by atoms with Gasteiger partial charge in [-0.1, -0.05) is 11.8 Å². The number of carbonyl (C=O) groups is 1. The number of ether oxygens (including phenoxy) is 2. The average Bonchev–Trinajstić information content (AvgIpc) is 3.58. The monoisotopic (exact) mass is 469 g/mol. The van der Waals surface area contributed by atoms with Gasteiger partial charge in [-0.05, 0) is 31.2 Å². The molecule has 1 fully saturated rings. The summed E-state index contributed by atoms with van der Waals surface area (Å²) in [5.74, 6) is 3.62. The smallest absolute Gasteiger partial charge is 0.264 e. The molecule has 1 aromatic carbocycles. The number of hydrazine groups is 1. The van der Waals surface area contributed by atoms with Gasteiger partial charge in [-0.2, -0.15) is 0 Å². The van der Waals surface area contributed by atoms with Crippen LogP contribution in [0, 0.1) is 6.92 Å². The molecule has 2 aliphatic rings. The molecule has 3 aromatic rings. The molecule has 2 N–H and O–H groups in total. The van der Waals surface area contributed by atoms with Crippen molar-refractivity contribution in [2.75, 3.05) is 14.2 Å². The van der Waals surface area contributed by atoms with Gasteiger partial charge in [-0.25, -0.2) is 15.8 Å². The quantitative estimate of drug-likeness (QED) is 0.562. The van der Waals surface area contributed by atoms with E-state index in [2.05, 4.69) is 20.9 Å². The van der Waals surface area contributed by atoms with Gasteiger partial charge < -0.3 is 18.3 Å². The highest BCUT2D eigenvalue weighted by atomic mass is 32.2. The maximum atomic E-state index is 12.3. The Kier molecular flexibility index (Phi) is 5.73. The Morgan fingerprint density at radius 2 is 2.15 bits per heavy atom. The first-order valence-electron chi connectivity index (χ1n) is 10.3. The van der Waals surface area contributed by atoms with Crippen LogP contribution in [0.15, 0.2) is 50.5 Å². The van der Waals surface area contributed by atoms with E-state index in [9.17, 15) is 4.79 Å². The molecule has 11 heteroatoms. The Morgan fingerprint density at radius 1 is 1.27 bits per heavy atom. The van der Waals surface area contributed by atoms with Gasteiger partial charge >= 0.3 is 0 Å². The van der Waals surface area contributed by atoms with Crippen LogP contribution >= 0.6 is 11.8 Å². The van der Waals surface area contributed by atoms with Crippen LogP contribution in [0.3, 0.4) is 0 Å². The van der Waals surface area contributed by atoms with E-state index < -0.39 is 0 Å². The summed E-state index contributed by atoms with van der Waals surface area (Å²) in [4.78, 5) is 17.0. The summed E-state index contributed by atoms with van der Waals surface area (Å²) in [7, 11) is 3.20. The zero-order valence-corrected chi connectivity index (χ0v) is 19.1. The fourth-order valence-corrected chi connectivity index (χ4v) is 4.80. The molecular formula is C22H23N5O5S. The second kappa shape index (κ2) is 8.83. The van der Waals surface area contributed by atoms with Crippen LogP contribution in [0.25, 0.3) is 11.5 Å². The number of nitrogens with zero attached hydrogens (tertiary/aromatic N) is 3. The summed E-state index contributed by atoms with van der Waals surface area (Å²) >= 11 is 1.46. The highest BCUT2D eigenvalue weighted by Gasteiger charge is 2.42. The molecular weight excluding hydrogens is 446 g/mol. The van der Waals surface area contributed by atoms with E-state index >= 15 is 0 Å². The van der Waals surface area contributed by atoms with Crippen molar-refractivity contribution >= 4 is 22.8 Å². The number of hydrazone groups is 1. The molecule has 0 saturated carbocycles. The molecule has 1 saturated heterocycles. The molecule has 10 nitrogen and oxygen atoms in total. The van der Waals surface area contributed by atoms with Gasteiger partial charge in [0.05, 0.1) is 37.8 Å². The molecule has 2 atom stereocenters. The van der Waals surface area contributed by atoms with E-state index in [4.69, 9.17) is 18.3 Å². The first-order valence-corrected chi connectivity index (χ1v) is 11.3. The third kappa shape index (κ3) is 4.05. The summed E-state index contributed by atoms with van der Waals surface area (Å²) in [6.07, 6.45) is 2.21. The zero-order valence-electron chi connectivity index (χ0n) is 18.3. The van der Waals surface area contributed by atoms with Crippen LogP contribution in [0.1, 0.15) is 29.7 Å². The molecule has 2 unspecified atom stereocenters. The van der Waals surface area contributed by atoms with Gasteiger partial charge in [0.25, 0.3) is 5.91 Å². The maximum Gasteiger partial charge on any atom is 0.264 e. The minimum Gasteiger partial charge on any atom is -0.497 e. The molecule has 0 aliphatic carbocycles. The lowest BCUT2D eigenvalue weighted by atomic mass is 10.1. The number of oxazole rings is 1. The standard InChI is InChI=1S/C22H23N5O5S/c1-12-16(23-21(32-12)14-7-6-13(29-2)9-19(14)30-3)11-33-22-25-24-20(28)17-10-15(26-27(17)22)18-5-4-8-31-18/h4-9,15,17,26H,10-11H2,1-3H3,(H,24,28). The lowest BCUT2D eigenvalue weighted by Gasteiger charge is -2.29. The van der Waals surface area contributed by atoms with E-state index in [1.165, 1.54) is 11.8 Å². The topological polar surface area (TPSA) is 114 Å². The molecule has 5 rings (SSSR count). The normalized spacial score (nSPS) is 19.8. The molecule has 0 radical (unpaired) electrons. The lowest BCUT2D eigenvalue weighted by Crippen LogP contribution is -2.52. The van der Waals surface area contributed by atoms with E-state index in [0.29, 0.717) is 40.5 Å². The highest BCUT2D eigenvalue weighted by molar-refractivity contribution is 8.13. The average molecular weight is 470 g/mol. The Labute approximate surface area is 194 Å². The van der Waals surface area contributed by atoms with E-state index in [-0.39, 0.29) is 18.0 Å². The van der Waals surface area contributed by atoms with Crippen LogP contribution in [0.2, 0.25) is 0 Å². The van der Waals surface area contributed by atoms with Crippen LogP contribution in [-0.2, 0) is 10.5 Å². The maximum absolute atomic E-state index is 12.3. The van der Waals surface area contributed by atoms with Crippen molar-refractivity contribution in [2.45, 2.75) is 31.2 Å². The number of benzene rings is 1. The second-order valence-electron chi connectivity index (χ2n) is 7.57. The minimum atomic E-state index is -0.363. The fourth-order valence-electron chi connectivity index (χ4n) is 3.84. The Balaban J connectivity index is 1.32. The molecule has 172 valence electrons. The molecule has 2 aliphatic heterocycles. The van der Waals surface area contributed by atoms with E-state index in [1.54, 1.807) is 31.6 Å². The number of nitrogens with one attached hydrogen (secondary N) is 2. The van der Waals surface area contributed by atoms with Crippen molar-refractivity contribution in [3.8, 4) is 23.0 Å². The number of rotatable bonds is 6. The van der Waals surface area contributed by atoms with Gasteiger partial charge in [0.1, 0.15) is 29.1 Å². The fraction of sp³-hybridized carbons (Fsp3) is 0.318. The van der Waals surface area contributed by atoms with Crippen molar-refractivity contribution in [3.63, 3.8) is 0 Å². The molecule has 33 heavy (non-hydrogen) atoms. The second-order valence-corrected chi connectivity index (χ2v) is 8.51. The largest absolute Gasteiger partial charge is 0.497 e. The number of furan rings is 1. The Bertz CT molecular complexity index is 1190. The van der Waals surface area contributed by atoms with Crippen LogP contribution < -0.4 is 20.3 Å². The zero-order chi connectivity index (χ0) is 22.9. The summed E-state index contributed by atoms with van der Waals surface area (Å²) in [6.45, 7) is 1.87. The summed E-state index contributed by atoms with van der Waals surface area (Å²) in [5, 5.41) is 6.70. The van der Waals surface area contributed by atoms with Crippen LogP contribution in [0.4, 0.5) is 0 Å². The van der Waals surface area contributed by atoms with Crippen LogP contribution in [0.5, 0.6) is 11.5 Å². The van der Waals surface area contributed by atoms with E-state index in [0.717, 1.165) is 17.0 Å². The number of hydrogen-bond donors (Lipinski definition) is 2. The molecule has 2 aromatic heterocycles. The number of hydrogen-bond acceptors (Lipinski definition) is 10. The SMILES string of the molecule is COc1ccc(-c2nc(CSC3=NNC(=O)C4CC(c5ccco5)NN34)c(C)o2)c(OC)c1. The van der Waals surface area contributed by atoms with Crippen molar-refractivity contribution in [3.05, 3.63) is 53.8 Å². The highest BCUT2D eigenvalue weighted by Crippen LogP contribution is 2.35. The summed E-state index contributed by atoms with van der Waals surface area (Å²) in [6, 6.07) is 8.75. The summed E-state index contributed by atoms with van der Waals surface area (Å²) in [5.41, 5.74) is 7.48. The molecule has 0 bridgehead atoms. The third-order valence-electron chi connectivity index (χ3n) is 5.59. The molecule has 0 spiro atoms. The predicted molar refractivity (Wildman–Crippen MR) is 121 cm³/mol. The van der Waals surface area contributed by atoms with Gasteiger partial charge in [0.2, 0.25) is 5.89 Å². The third-order valence-corrected chi connectivity index (χ3v) is 6.56. The Hall–Kier alpha value is -3.44. The number of aromatic nitrogens is 1. The van der Waals surface area contributed by atoms with Gasteiger partial charge in [0.15, 0.2) is 5.17 Å². The Morgan fingerprint density at radius 3 is 2.91 bits per heavy atom. The molecule has 1 amide bonds. The summed E-state index contributed by atoms with van der Waals surface area (Å²) < 4.78 is 22.2. The van der Waals surface area contributed by atoms with Crippen molar-refractivity contribution < 1.29 is 23.1 Å². The number of methoxy groups -OCH3 is 2. The van der Waals surface area contributed by atoms with Crippen molar-refractivity contribution in [1.82, 2.24) is 20.8 Å².